The van der Waals surface area contributed by atoms with Crippen LogP contribution in [-0.4, -0.2) is 14.4 Å². The van der Waals surface area contributed by atoms with E-state index in [0.717, 1.165) is 17.0 Å². The molecule has 78 valence electrons. The summed E-state index contributed by atoms with van der Waals surface area (Å²) in [5.41, 5.74) is 8.26. The molecule has 2 N–H and O–H groups in total. The van der Waals surface area contributed by atoms with Crippen molar-refractivity contribution in [2.24, 2.45) is 0 Å². The van der Waals surface area contributed by atoms with E-state index < -0.39 is 0 Å². The van der Waals surface area contributed by atoms with Crippen molar-refractivity contribution >= 4 is 36.3 Å². The summed E-state index contributed by atoms with van der Waals surface area (Å²) in [6, 6.07) is 0. The molecular weight excluding hydrogens is 223 g/mol. The molecule has 0 aliphatic heterocycles. The van der Waals surface area contributed by atoms with Crippen LogP contribution in [-0.2, 0) is 0 Å². The molecule has 0 atom stereocenters. The third-order valence-electron chi connectivity index (χ3n) is 1.74. The number of fused-ring (bicyclic) bond motifs is 1. The second-order valence-electron chi connectivity index (χ2n) is 2.86. The third kappa shape index (κ3) is 2.08. The zero-order valence-corrected chi connectivity index (χ0v) is 9.52. The molecule has 4 nitrogen and oxygen atoms in total. The van der Waals surface area contributed by atoms with E-state index >= 15 is 0 Å². The molecule has 0 aliphatic rings. The lowest BCUT2D eigenvalue weighted by molar-refractivity contribution is 1.03. The van der Waals surface area contributed by atoms with Gasteiger partial charge in [0.2, 0.25) is 0 Å². The Labute approximate surface area is 94.4 Å². The Hall–Kier alpha value is -1.000. The average Bonchev–Trinajstić information content (AvgIpc) is 2.29. The minimum Gasteiger partial charge on any atom is -0.382 e. The van der Waals surface area contributed by atoms with Gasteiger partial charge in [0.15, 0.2) is 5.65 Å². The molecule has 0 unspecified atom stereocenters. The number of nitrogen functional groups attached to an aromatic ring is 1. The van der Waals surface area contributed by atoms with Crippen LogP contribution in [0.15, 0.2) is 12.4 Å². The monoisotopic (exact) mass is 234 g/mol. The normalized spacial score (nSPS) is 9.29. The third-order valence-corrected chi connectivity index (χ3v) is 1.74. The standard InChI is InChI=1S/C8H10N4.2ClH/c1-5-3-12-4-7(9)11-8(12)6(2)10-5;;/h3-4H,9H2,1-2H3;2*1H. The zero-order valence-electron chi connectivity index (χ0n) is 7.89. The molecule has 0 radical (unpaired) electrons. The summed E-state index contributed by atoms with van der Waals surface area (Å²) in [4.78, 5) is 8.41. The number of anilines is 1. The van der Waals surface area contributed by atoms with Crippen LogP contribution in [0.2, 0.25) is 0 Å². The fraction of sp³-hybridized carbons (Fsp3) is 0.250. The largest absolute Gasteiger partial charge is 0.382 e. The molecule has 0 spiro atoms. The van der Waals surface area contributed by atoms with Crippen molar-refractivity contribution < 1.29 is 0 Å². The van der Waals surface area contributed by atoms with Crippen LogP contribution in [0.5, 0.6) is 0 Å². The first-order valence-electron chi connectivity index (χ1n) is 3.75. The van der Waals surface area contributed by atoms with Gasteiger partial charge < -0.3 is 10.1 Å². The number of nitrogens with two attached hydrogens (primary N) is 1. The Balaban J connectivity index is 0.000000845. The van der Waals surface area contributed by atoms with Gasteiger partial charge >= 0.3 is 0 Å². The van der Waals surface area contributed by atoms with Crippen LogP contribution in [0.4, 0.5) is 5.82 Å². The van der Waals surface area contributed by atoms with Crippen LogP contribution < -0.4 is 5.73 Å². The average molecular weight is 235 g/mol. The molecule has 0 bridgehead atoms. The fourth-order valence-electron chi connectivity index (χ4n) is 1.32. The van der Waals surface area contributed by atoms with Gasteiger partial charge in [-0.15, -0.1) is 24.8 Å². The molecule has 2 heterocycles. The van der Waals surface area contributed by atoms with Crippen LogP contribution in [0, 0.1) is 13.8 Å². The molecule has 2 rings (SSSR count). The highest BCUT2D eigenvalue weighted by Gasteiger charge is 2.02. The van der Waals surface area contributed by atoms with Crippen molar-refractivity contribution in [3.8, 4) is 0 Å². The first-order valence-corrected chi connectivity index (χ1v) is 3.75. The predicted octanol–water partition coefficient (Wildman–Crippen LogP) is 1.77. The molecule has 0 amide bonds. The number of hydrogen-bond acceptors (Lipinski definition) is 3. The van der Waals surface area contributed by atoms with Crippen molar-refractivity contribution in [3.63, 3.8) is 0 Å². The quantitative estimate of drug-likeness (QED) is 0.757. The van der Waals surface area contributed by atoms with E-state index in [1.54, 1.807) is 6.20 Å². The molecule has 0 saturated carbocycles. The van der Waals surface area contributed by atoms with Crippen molar-refractivity contribution in [3.05, 3.63) is 23.8 Å². The van der Waals surface area contributed by atoms with Crippen LogP contribution in [0.1, 0.15) is 11.4 Å². The molecule has 0 aromatic carbocycles. The van der Waals surface area contributed by atoms with Crippen molar-refractivity contribution in [2.45, 2.75) is 13.8 Å². The SMILES string of the molecule is Cc1cn2cc(N)nc2c(C)n1.Cl.Cl. The maximum atomic E-state index is 5.55. The zero-order chi connectivity index (χ0) is 8.72. The topological polar surface area (TPSA) is 56.2 Å². The number of aryl methyl sites for hydroxylation is 2. The number of aromatic nitrogens is 3. The first-order chi connectivity index (χ1) is 5.66. The van der Waals surface area contributed by atoms with Gasteiger partial charge in [-0.05, 0) is 13.8 Å². The molecule has 2 aromatic rings. The Bertz CT molecular complexity index is 438. The van der Waals surface area contributed by atoms with Gasteiger partial charge in [-0.2, -0.15) is 0 Å². The summed E-state index contributed by atoms with van der Waals surface area (Å²) < 4.78 is 1.90. The molecule has 0 saturated heterocycles. The van der Waals surface area contributed by atoms with E-state index in [1.807, 2.05) is 24.4 Å². The second kappa shape index (κ2) is 4.48. The predicted molar refractivity (Wildman–Crippen MR) is 61.4 cm³/mol. The minimum atomic E-state index is 0. The number of imidazole rings is 1. The Morgan fingerprint density at radius 2 is 1.79 bits per heavy atom. The van der Waals surface area contributed by atoms with Gasteiger partial charge in [0, 0.05) is 6.20 Å². The molecule has 14 heavy (non-hydrogen) atoms. The Morgan fingerprint density at radius 3 is 2.43 bits per heavy atom. The lowest BCUT2D eigenvalue weighted by Crippen LogP contribution is -1.93. The summed E-state index contributed by atoms with van der Waals surface area (Å²) >= 11 is 0. The number of rotatable bonds is 0. The summed E-state index contributed by atoms with van der Waals surface area (Å²) in [5, 5.41) is 0. The van der Waals surface area contributed by atoms with Gasteiger partial charge in [-0.3, -0.25) is 4.98 Å². The fourth-order valence-corrected chi connectivity index (χ4v) is 1.32. The molecule has 0 aliphatic carbocycles. The summed E-state index contributed by atoms with van der Waals surface area (Å²) in [6.07, 6.45) is 3.70. The van der Waals surface area contributed by atoms with Crippen molar-refractivity contribution in [2.75, 3.05) is 5.73 Å². The lowest BCUT2D eigenvalue weighted by atomic mass is 10.4. The van der Waals surface area contributed by atoms with Crippen LogP contribution >= 0.6 is 24.8 Å². The van der Waals surface area contributed by atoms with Gasteiger partial charge in [0.1, 0.15) is 5.82 Å². The summed E-state index contributed by atoms with van der Waals surface area (Å²) in [5.74, 6) is 0.533. The van der Waals surface area contributed by atoms with E-state index in [4.69, 9.17) is 5.73 Å². The maximum Gasteiger partial charge on any atom is 0.160 e. The number of halogens is 2. The van der Waals surface area contributed by atoms with Gasteiger partial charge in [-0.1, -0.05) is 0 Å². The molecule has 0 fully saturated rings. The van der Waals surface area contributed by atoms with Gasteiger partial charge in [-0.25, -0.2) is 4.98 Å². The van der Waals surface area contributed by atoms with Gasteiger partial charge in [0.25, 0.3) is 0 Å². The molecule has 2 aromatic heterocycles. The van der Waals surface area contributed by atoms with Crippen molar-refractivity contribution in [1.82, 2.24) is 14.4 Å². The van der Waals surface area contributed by atoms with Crippen LogP contribution in [0.25, 0.3) is 5.65 Å². The summed E-state index contributed by atoms with van der Waals surface area (Å²) in [6.45, 7) is 3.87. The van der Waals surface area contributed by atoms with E-state index in [2.05, 4.69) is 9.97 Å². The Kier molecular flexibility index (Phi) is 4.16. The highest BCUT2D eigenvalue weighted by Crippen LogP contribution is 2.09. The second-order valence-corrected chi connectivity index (χ2v) is 2.86. The first kappa shape index (κ1) is 13.0. The van der Waals surface area contributed by atoms with Crippen molar-refractivity contribution in [1.29, 1.82) is 0 Å². The van der Waals surface area contributed by atoms with E-state index in [0.29, 0.717) is 5.82 Å². The number of hydrogen-bond donors (Lipinski definition) is 1. The minimum absolute atomic E-state index is 0. The van der Waals surface area contributed by atoms with E-state index in [9.17, 15) is 0 Å². The highest BCUT2D eigenvalue weighted by atomic mass is 35.5. The summed E-state index contributed by atoms with van der Waals surface area (Å²) in [7, 11) is 0. The molecule has 6 heteroatoms. The Morgan fingerprint density at radius 1 is 1.14 bits per heavy atom. The lowest BCUT2D eigenvalue weighted by Gasteiger charge is -1.97. The van der Waals surface area contributed by atoms with Gasteiger partial charge in [0.05, 0.1) is 17.6 Å². The maximum absolute atomic E-state index is 5.55. The number of nitrogens with zero attached hydrogens (tertiary/aromatic N) is 3. The van der Waals surface area contributed by atoms with E-state index in [1.165, 1.54) is 0 Å². The smallest absolute Gasteiger partial charge is 0.160 e. The van der Waals surface area contributed by atoms with Crippen LogP contribution in [0.3, 0.4) is 0 Å². The van der Waals surface area contributed by atoms with E-state index in [-0.39, 0.29) is 24.8 Å². The highest BCUT2D eigenvalue weighted by molar-refractivity contribution is 5.85. The molecular formula is C8H12Cl2N4.